The van der Waals surface area contributed by atoms with Crippen molar-refractivity contribution in [1.82, 2.24) is 19.7 Å². The zero-order valence-electron chi connectivity index (χ0n) is 19.2. The molecule has 0 radical (unpaired) electrons. The van der Waals surface area contributed by atoms with Gasteiger partial charge < -0.3 is 14.7 Å². The van der Waals surface area contributed by atoms with Crippen LogP contribution in [0.1, 0.15) is 43.9 Å². The monoisotopic (exact) mass is 488 g/mol. The van der Waals surface area contributed by atoms with E-state index >= 15 is 0 Å². The number of nitrogens with one attached hydrogen (secondary N) is 2. The Bertz CT molecular complexity index is 830. The summed E-state index contributed by atoms with van der Waals surface area (Å²) < 4.78 is 55.9. The van der Waals surface area contributed by atoms with Crippen LogP contribution in [0.15, 0.2) is 18.3 Å². The van der Waals surface area contributed by atoms with Gasteiger partial charge in [0.15, 0.2) is 6.35 Å². The molecule has 8 nitrogen and oxygen atoms in total. The van der Waals surface area contributed by atoms with Gasteiger partial charge in [0.05, 0.1) is 11.3 Å². The number of aliphatic hydroxyl groups excluding tert-OH is 1. The molecule has 3 atom stereocenters. The fraction of sp³-hybridized carbons (Fsp3) is 0.682. The predicted octanol–water partition coefficient (Wildman–Crippen LogP) is 2.96. The van der Waals surface area contributed by atoms with Crippen molar-refractivity contribution < 1.29 is 27.4 Å². The van der Waals surface area contributed by atoms with Gasteiger partial charge in [-0.1, -0.05) is 6.92 Å². The van der Waals surface area contributed by atoms with Crippen LogP contribution in [0.25, 0.3) is 0 Å². The molecule has 34 heavy (non-hydrogen) atoms. The number of rotatable bonds is 7. The van der Waals surface area contributed by atoms with Crippen LogP contribution in [0, 0.1) is 10.8 Å². The van der Waals surface area contributed by atoms with E-state index in [1.54, 1.807) is 0 Å². The Morgan fingerprint density at radius 1 is 1.24 bits per heavy atom. The quantitative estimate of drug-likeness (QED) is 0.236. The van der Waals surface area contributed by atoms with Gasteiger partial charge in [0, 0.05) is 45.0 Å². The van der Waals surface area contributed by atoms with E-state index in [9.17, 15) is 22.7 Å². The topological polar surface area (TPSA) is 99.8 Å². The molecule has 0 spiro atoms. The lowest BCUT2D eigenvalue weighted by atomic mass is 9.92. The highest BCUT2D eigenvalue weighted by atomic mass is 19.4. The van der Waals surface area contributed by atoms with Gasteiger partial charge in [-0.25, -0.2) is 4.39 Å². The molecule has 3 unspecified atom stereocenters. The van der Waals surface area contributed by atoms with E-state index in [-0.39, 0.29) is 18.2 Å². The number of nitrogens with zero attached hydrogens (tertiary/aromatic N) is 4. The van der Waals surface area contributed by atoms with E-state index < -0.39 is 30.5 Å². The lowest BCUT2D eigenvalue weighted by molar-refractivity contribution is -0.151. The van der Waals surface area contributed by atoms with Gasteiger partial charge in [-0.05, 0) is 44.4 Å². The molecule has 0 amide bonds. The summed E-state index contributed by atoms with van der Waals surface area (Å²) in [5.41, 5.74) is 0.511. The van der Waals surface area contributed by atoms with Gasteiger partial charge in [0.25, 0.3) is 5.90 Å². The van der Waals surface area contributed by atoms with Gasteiger partial charge in [-0.2, -0.15) is 13.2 Å². The first-order chi connectivity index (χ1) is 16.1. The fourth-order valence-corrected chi connectivity index (χ4v) is 4.38. The summed E-state index contributed by atoms with van der Waals surface area (Å²) in [4.78, 5) is 10.3. The van der Waals surface area contributed by atoms with Crippen LogP contribution in [0.4, 0.5) is 17.6 Å². The first kappa shape index (κ1) is 26.5. The molecule has 2 fully saturated rings. The van der Waals surface area contributed by atoms with Gasteiger partial charge in [-0.15, -0.1) is 0 Å². The number of hydrogen-bond donors (Lipinski definition) is 3. The van der Waals surface area contributed by atoms with Crippen LogP contribution in [0.5, 0.6) is 0 Å². The maximum atomic E-state index is 14.2. The number of aromatic nitrogens is 1. The predicted molar refractivity (Wildman–Crippen MR) is 118 cm³/mol. The molecule has 1 saturated heterocycles. The summed E-state index contributed by atoms with van der Waals surface area (Å²) in [6.07, 6.45) is -3.31. The zero-order valence-corrected chi connectivity index (χ0v) is 19.2. The molecule has 190 valence electrons. The van der Waals surface area contributed by atoms with Gasteiger partial charge in [-0.3, -0.25) is 25.6 Å². The summed E-state index contributed by atoms with van der Waals surface area (Å²) in [6.45, 7) is 6.29. The maximum absolute atomic E-state index is 14.2. The highest BCUT2D eigenvalue weighted by Crippen LogP contribution is 2.28. The average molecular weight is 489 g/mol. The molecule has 1 aliphatic heterocycles. The summed E-state index contributed by atoms with van der Waals surface area (Å²) in [5.74, 6) is -2.81. The van der Waals surface area contributed by atoms with Crippen molar-refractivity contribution in [3.05, 3.63) is 29.6 Å². The largest absolute Gasteiger partial charge is 0.468 e. The van der Waals surface area contributed by atoms with Gasteiger partial charge in [0.1, 0.15) is 6.17 Å². The van der Waals surface area contributed by atoms with Crippen LogP contribution in [0.3, 0.4) is 0 Å². The standard InChI is InChI=1S/C22H32F4N6O2/c1-2-30-8-10-31(11-9-30)21(33)32(18-5-3-4-16(23)12-18)14-17-7-6-15(13-29-17)19(27)34-20(28)22(24,25)26/h6-7,13,16,18,21,27-28,33H,2-5,8-12,14H2,1H3. The molecule has 1 saturated carbocycles. The lowest BCUT2D eigenvalue weighted by Crippen LogP contribution is -2.58. The Hall–Kier alpha value is -2.15. The Balaban J connectivity index is 1.70. The van der Waals surface area contributed by atoms with E-state index in [0.717, 1.165) is 32.5 Å². The van der Waals surface area contributed by atoms with E-state index in [1.807, 2.05) is 9.80 Å². The van der Waals surface area contributed by atoms with E-state index in [2.05, 4.69) is 21.5 Å². The molecule has 1 aromatic rings. The highest BCUT2D eigenvalue weighted by molar-refractivity contribution is 6.00. The van der Waals surface area contributed by atoms with Crippen molar-refractivity contribution >= 4 is 11.8 Å². The number of hydrogen-bond acceptors (Lipinski definition) is 8. The molecule has 3 rings (SSSR count). The molecule has 2 aliphatic rings. The Labute approximate surface area is 196 Å². The molecular weight excluding hydrogens is 456 g/mol. The summed E-state index contributed by atoms with van der Waals surface area (Å²) in [7, 11) is 0. The van der Waals surface area contributed by atoms with Crippen LogP contribution in [-0.2, 0) is 11.3 Å². The molecular formula is C22H32F4N6O2. The molecule has 0 bridgehead atoms. The van der Waals surface area contributed by atoms with E-state index in [1.165, 1.54) is 18.3 Å². The summed E-state index contributed by atoms with van der Waals surface area (Å²) >= 11 is 0. The van der Waals surface area contributed by atoms with Crippen molar-refractivity contribution in [2.45, 2.75) is 63.9 Å². The third kappa shape index (κ3) is 6.94. The smallest absolute Gasteiger partial charge is 0.416 e. The number of ether oxygens (including phenoxy) is 1. The number of alkyl halides is 4. The second kappa shape index (κ2) is 11.5. The minimum atomic E-state index is -4.98. The Morgan fingerprint density at radius 3 is 2.50 bits per heavy atom. The minimum Gasteiger partial charge on any atom is -0.416 e. The molecule has 0 aromatic carbocycles. The Kier molecular flexibility index (Phi) is 8.96. The molecule has 3 N–H and O–H groups in total. The lowest BCUT2D eigenvalue weighted by Gasteiger charge is -2.44. The number of piperazine rings is 1. The van der Waals surface area contributed by atoms with Crippen molar-refractivity contribution in [2.24, 2.45) is 0 Å². The van der Waals surface area contributed by atoms with Crippen LogP contribution < -0.4 is 0 Å². The van der Waals surface area contributed by atoms with Gasteiger partial charge in [0.2, 0.25) is 5.90 Å². The average Bonchev–Trinajstić information content (AvgIpc) is 2.82. The normalized spacial score (nSPS) is 23.6. The maximum Gasteiger partial charge on any atom is 0.468 e. The van der Waals surface area contributed by atoms with Crippen molar-refractivity contribution in [2.75, 3.05) is 32.7 Å². The first-order valence-corrected chi connectivity index (χ1v) is 11.5. The third-order valence-electron chi connectivity index (χ3n) is 6.42. The minimum absolute atomic E-state index is 0.0120. The fourth-order valence-electron chi connectivity index (χ4n) is 4.38. The highest BCUT2D eigenvalue weighted by Gasteiger charge is 2.38. The SMILES string of the molecule is CCN1CCN(C(O)N(Cc2ccc(C(=N)OC(=N)C(F)(F)F)cn2)C2CCCC(F)C2)CC1. The molecule has 12 heteroatoms. The zero-order chi connectivity index (χ0) is 24.9. The molecule has 2 heterocycles. The second-order valence-electron chi connectivity index (χ2n) is 8.70. The van der Waals surface area contributed by atoms with E-state index in [4.69, 9.17) is 10.8 Å². The number of aliphatic hydroxyl groups is 1. The number of likely N-dealkylation sites (N-methyl/N-ethyl adjacent to an activating group) is 1. The van der Waals surface area contributed by atoms with Crippen LogP contribution in [0.2, 0.25) is 0 Å². The second-order valence-corrected chi connectivity index (χ2v) is 8.70. The third-order valence-corrected chi connectivity index (χ3v) is 6.42. The van der Waals surface area contributed by atoms with Gasteiger partial charge >= 0.3 is 6.18 Å². The molecule has 1 aliphatic carbocycles. The summed E-state index contributed by atoms with van der Waals surface area (Å²) in [6, 6.07) is 2.76. The Morgan fingerprint density at radius 2 is 1.94 bits per heavy atom. The van der Waals surface area contributed by atoms with Crippen molar-refractivity contribution in [1.29, 1.82) is 10.8 Å². The molecule has 1 aromatic heterocycles. The van der Waals surface area contributed by atoms with Crippen LogP contribution in [-0.4, -0.2) is 94.1 Å². The van der Waals surface area contributed by atoms with Crippen molar-refractivity contribution in [3.63, 3.8) is 0 Å². The first-order valence-electron chi connectivity index (χ1n) is 11.5. The van der Waals surface area contributed by atoms with E-state index in [0.29, 0.717) is 31.6 Å². The summed E-state index contributed by atoms with van der Waals surface area (Å²) in [5, 5.41) is 25.7. The van der Waals surface area contributed by atoms with Crippen LogP contribution >= 0.6 is 0 Å². The van der Waals surface area contributed by atoms with Crippen molar-refractivity contribution in [3.8, 4) is 0 Å². The number of pyridine rings is 1. The number of halogens is 4.